The van der Waals surface area contributed by atoms with Gasteiger partial charge in [-0.3, -0.25) is 0 Å². The standard InChI is InChI=1S/C21H25N3O3S2/c1-2-27-19(25)21(26,17-9-10-23-29-17)12-22-20(28)24-18-15-7-3-5-13(15)11-14-6-4-8-16(14)18/h9-11,26H,2-8,12H2,1H3,(H2,22,24,28). The number of carbonyl (C=O) groups excluding carboxylic acids is 1. The van der Waals surface area contributed by atoms with E-state index in [1.807, 2.05) is 0 Å². The summed E-state index contributed by atoms with van der Waals surface area (Å²) >= 11 is 6.60. The zero-order chi connectivity index (χ0) is 20.4. The number of nitrogens with zero attached hydrogens (tertiary/aromatic N) is 1. The fourth-order valence-electron chi connectivity index (χ4n) is 4.27. The third-order valence-electron chi connectivity index (χ3n) is 5.67. The van der Waals surface area contributed by atoms with Gasteiger partial charge in [0.15, 0.2) is 5.11 Å². The van der Waals surface area contributed by atoms with Crippen LogP contribution in [0.3, 0.4) is 0 Å². The van der Waals surface area contributed by atoms with Crippen LogP contribution in [0, 0.1) is 0 Å². The van der Waals surface area contributed by atoms with Crippen LogP contribution in [0.15, 0.2) is 18.3 Å². The SMILES string of the molecule is CCOC(=O)C(O)(CNC(=S)Nc1c2c(cc3c1CCC3)CCC2)c1ccns1. The maximum absolute atomic E-state index is 12.4. The van der Waals surface area contributed by atoms with Crippen molar-refractivity contribution in [2.45, 2.75) is 51.0 Å². The number of ether oxygens (including phenoxy) is 1. The zero-order valence-corrected chi connectivity index (χ0v) is 18.0. The first-order chi connectivity index (χ1) is 14.0. The van der Waals surface area contributed by atoms with E-state index in [9.17, 15) is 9.90 Å². The van der Waals surface area contributed by atoms with Crippen LogP contribution in [0.25, 0.3) is 0 Å². The summed E-state index contributed by atoms with van der Waals surface area (Å²) in [7, 11) is 0. The van der Waals surface area contributed by atoms with Crippen molar-refractivity contribution in [1.29, 1.82) is 0 Å². The average Bonchev–Trinajstić information content (AvgIpc) is 3.46. The van der Waals surface area contributed by atoms with Gasteiger partial charge in [0.05, 0.1) is 18.0 Å². The number of aromatic nitrogens is 1. The highest BCUT2D eigenvalue weighted by Gasteiger charge is 2.41. The molecule has 2 aromatic rings. The molecule has 1 unspecified atom stereocenters. The molecule has 1 heterocycles. The Morgan fingerprint density at radius 2 is 1.97 bits per heavy atom. The lowest BCUT2D eigenvalue weighted by atomic mass is 9.99. The molecule has 0 fully saturated rings. The lowest BCUT2D eigenvalue weighted by Crippen LogP contribution is -2.48. The van der Waals surface area contributed by atoms with Gasteiger partial charge in [0.1, 0.15) is 0 Å². The van der Waals surface area contributed by atoms with Crippen molar-refractivity contribution in [3.8, 4) is 0 Å². The molecule has 1 aromatic carbocycles. The van der Waals surface area contributed by atoms with Crippen molar-refractivity contribution in [1.82, 2.24) is 9.69 Å². The predicted octanol–water partition coefficient (Wildman–Crippen LogP) is 2.86. The molecule has 0 amide bonds. The van der Waals surface area contributed by atoms with E-state index in [-0.39, 0.29) is 13.2 Å². The minimum atomic E-state index is -1.83. The summed E-state index contributed by atoms with van der Waals surface area (Å²) in [4.78, 5) is 12.9. The third kappa shape index (κ3) is 3.89. The Morgan fingerprint density at radius 3 is 2.55 bits per heavy atom. The normalized spacial score (nSPS) is 16.6. The van der Waals surface area contributed by atoms with Gasteiger partial charge in [-0.1, -0.05) is 6.07 Å². The summed E-state index contributed by atoms with van der Waals surface area (Å²) in [5.74, 6) is -0.707. The van der Waals surface area contributed by atoms with Gasteiger partial charge in [-0.25, -0.2) is 9.17 Å². The lowest BCUT2D eigenvalue weighted by Gasteiger charge is -2.26. The predicted molar refractivity (Wildman–Crippen MR) is 117 cm³/mol. The first kappa shape index (κ1) is 20.3. The molecule has 6 nitrogen and oxygen atoms in total. The van der Waals surface area contributed by atoms with Gasteiger partial charge >= 0.3 is 5.97 Å². The van der Waals surface area contributed by atoms with E-state index in [4.69, 9.17) is 17.0 Å². The summed E-state index contributed by atoms with van der Waals surface area (Å²) < 4.78 is 9.09. The maximum atomic E-state index is 12.4. The molecule has 0 spiro atoms. The number of hydrogen-bond donors (Lipinski definition) is 3. The highest BCUT2D eigenvalue weighted by atomic mass is 32.1. The van der Waals surface area contributed by atoms with Crippen molar-refractivity contribution >= 4 is 40.5 Å². The van der Waals surface area contributed by atoms with Gasteiger partial charge in [-0.15, -0.1) is 0 Å². The second kappa shape index (κ2) is 8.38. The molecule has 0 saturated heterocycles. The van der Waals surface area contributed by atoms with Gasteiger partial charge in [0.2, 0.25) is 5.60 Å². The number of anilines is 1. The van der Waals surface area contributed by atoms with E-state index in [2.05, 4.69) is 21.1 Å². The fourth-order valence-corrected chi connectivity index (χ4v) is 5.11. The van der Waals surface area contributed by atoms with E-state index < -0.39 is 11.6 Å². The van der Waals surface area contributed by atoms with Crippen LogP contribution >= 0.6 is 23.8 Å². The van der Waals surface area contributed by atoms with E-state index in [1.54, 1.807) is 19.2 Å². The lowest BCUT2D eigenvalue weighted by molar-refractivity contribution is -0.165. The van der Waals surface area contributed by atoms with Crippen molar-refractivity contribution < 1.29 is 14.6 Å². The third-order valence-corrected chi connectivity index (χ3v) is 6.82. The number of esters is 1. The number of hydrogen-bond acceptors (Lipinski definition) is 6. The Kier molecular flexibility index (Phi) is 5.85. The van der Waals surface area contributed by atoms with Gasteiger partial charge < -0.3 is 20.5 Å². The Balaban J connectivity index is 1.51. The Hall–Kier alpha value is -2.03. The molecule has 0 aliphatic heterocycles. The molecule has 29 heavy (non-hydrogen) atoms. The van der Waals surface area contributed by atoms with Crippen LogP contribution < -0.4 is 10.6 Å². The molecule has 2 aliphatic carbocycles. The van der Waals surface area contributed by atoms with Crippen LogP contribution in [-0.4, -0.2) is 33.7 Å². The number of aliphatic hydroxyl groups is 1. The summed E-state index contributed by atoms with van der Waals surface area (Å²) in [6.45, 7) is 1.81. The van der Waals surface area contributed by atoms with Crippen molar-refractivity contribution in [3.05, 3.63) is 45.5 Å². The Morgan fingerprint density at radius 1 is 1.28 bits per heavy atom. The number of rotatable bonds is 6. The smallest absolute Gasteiger partial charge is 0.345 e. The highest BCUT2D eigenvalue weighted by Crippen LogP contribution is 2.38. The van der Waals surface area contributed by atoms with Gasteiger partial charge in [0, 0.05) is 11.9 Å². The first-order valence-electron chi connectivity index (χ1n) is 10.0. The molecule has 1 atom stereocenters. The summed E-state index contributed by atoms with van der Waals surface area (Å²) in [6, 6.07) is 3.99. The quantitative estimate of drug-likeness (QED) is 0.479. The van der Waals surface area contributed by atoms with Crippen LogP contribution in [-0.2, 0) is 40.8 Å². The zero-order valence-electron chi connectivity index (χ0n) is 16.4. The fraction of sp³-hybridized carbons (Fsp3) is 0.476. The molecular weight excluding hydrogens is 406 g/mol. The molecule has 4 rings (SSSR count). The molecule has 3 N–H and O–H groups in total. The molecular formula is C21H25N3O3S2. The summed E-state index contributed by atoms with van der Waals surface area (Å²) in [6.07, 6.45) is 8.23. The minimum Gasteiger partial charge on any atom is -0.464 e. The van der Waals surface area contributed by atoms with Gasteiger partial charge in [-0.05, 0) is 97.5 Å². The van der Waals surface area contributed by atoms with Crippen LogP contribution in [0.1, 0.15) is 46.9 Å². The molecule has 8 heteroatoms. The number of benzene rings is 1. The van der Waals surface area contributed by atoms with Crippen molar-refractivity contribution in [3.63, 3.8) is 0 Å². The summed E-state index contributed by atoms with van der Waals surface area (Å²) in [5, 5.41) is 17.8. The summed E-state index contributed by atoms with van der Waals surface area (Å²) in [5.41, 5.74) is 4.86. The van der Waals surface area contributed by atoms with E-state index in [1.165, 1.54) is 35.1 Å². The second-order valence-corrected chi connectivity index (χ2v) is 8.74. The van der Waals surface area contributed by atoms with Crippen molar-refractivity contribution in [2.24, 2.45) is 0 Å². The number of carbonyl (C=O) groups is 1. The topological polar surface area (TPSA) is 83.5 Å². The molecule has 154 valence electrons. The number of thiocarbonyl (C=S) groups is 1. The highest BCUT2D eigenvalue weighted by molar-refractivity contribution is 7.80. The molecule has 0 saturated carbocycles. The van der Waals surface area contributed by atoms with E-state index in [0.717, 1.165) is 42.9 Å². The van der Waals surface area contributed by atoms with E-state index in [0.29, 0.717) is 9.99 Å². The average molecular weight is 432 g/mol. The number of aryl methyl sites for hydroxylation is 2. The minimum absolute atomic E-state index is 0.0862. The van der Waals surface area contributed by atoms with Crippen LogP contribution in [0.4, 0.5) is 5.69 Å². The number of fused-ring (bicyclic) bond motifs is 2. The maximum Gasteiger partial charge on any atom is 0.345 e. The molecule has 1 aromatic heterocycles. The number of nitrogens with one attached hydrogen (secondary N) is 2. The Bertz CT molecular complexity index is 897. The van der Waals surface area contributed by atoms with Crippen molar-refractivity contribution in [2.75, 3.05) is 18.5 Å². The van der Waals surface area contributed by atoms with E-state index >= 15 is 0 Å². The van der Waals surface area contributed by atoms with Crippen LogP contribution in [0.5, 0.6) is 0 Å². The van der Waals surface area contributed by atoms with Gasteiger partial charge in [0.25, 0.3) is 0 Å². The largest absolute Gasteiger partial charge is 0.464 e. The molecule has 2 aliphatic rings. The van der Waals surface area contributed by atoms with Gasteiger partial charge in [-0.2, -0.15) is 0 Å². The molecule has 0 bridgehead atoms. The van der Waals surface area contributed by atoms with Crippen LogP contribution in [0.2, 0.25) is 0 Å². The Labute approximate surface area is 179 Å². The monoisotopic (exact) mass is 431 g/mol. The first-order valence-corrected chi connectivity index (χ1v) is 11.2. The molecule has 0 radical (unpaired) electrons. The second-order valence-electron chi connectivity index (χ2n) is 7.50.